The lowest BCUT2D eigenvalue weighted by atomic mass is 10.0. The van der Waals surface area contributed by atoms with Crippen LogP contribution in [-0.2, 0) is 25.8 Å². The first-order valence-corrected chi connectivity index (χ1v) is 11.4. The van der Waals surface area contributed by atoms with Crippen molar-refractivity contribution in [3.05, 3.63) is 96.2 Å². The lowest BCUT2D eigenvalue weighted by Crippen LogP contribution is -2.42. The molecule has 9 nitrogen and oxygen atoms in total. The summed E-state index contributed by atoms with van der Waals surface area (Å²) in [5, 5.41) is 9.62. The molecule has 0 bridgehead atoms. The van der Waals surface area contributed by atoms with Crippen molar-refractivity contribution in [3.63, 3.8) is 0 Å². The number of aromatic carboxylic acids is 1. The van der Waals surface area contributed by atoms with E-state index >= 15 is 0 Å². The van der Waals surface area contributed by atoms with E-state index in [0.717, 1.165) is 22.9 Å². The summed E-state index contributed by atoms with van der Waals surface area (Å²) in [7, 11) is 0. The molecule has 12 heteroatoms. The quantitative estimate of drug-likeness (QED) is 0.423. The third-order valence-electron chi connectivity index (χ3n) is 6.39. The van der Waals surface area contributed by atoms with Gasteiger partial charge in [-0.2, -0.15) is 13.2 Å². The zero-order valence-electron chi connectivity index (χ0n) is 20.2. The summed E-state index contributed by atoms with van der Waals surface area (Å²) in [6, 6.07) is 8.04. The first kappa shape index (κ1) is 25.7. The van der Waals surface area contributed by atoms with Crippen LogP contribution in [0.5, 0.6) is 0 Å². The van der Waals surface area contributed by atoms with Crippen molar-refractivity contribution in [2.24, 2.45) is 0 Å². The molecule has 0 saturated heterocycles. The molecule has 2 heterocycles. The number of aryl methyl sites for hydroxylation is 2. The fourth-order valence-corrected chi connectivity index (χ4v) is 4.47. The molecule has 0 amide bonds. The van der Waals surface area contributed by atoms with Gasteiger partial charge in [0.1, 0.15) is 5.56 Å². The Kier molecular flexibility index (Phi) is 6.44. The second-order valence-electron chi connectivity index (χ2n) is 8.42. The van der Waals surface area contributed by atoms with E-state index in [-0.39, 0.29) is 22.5 Å². The Morgan fingerprint density at radius 2 is 1.57 bits per heavy atom. The van der Waals surface area contributed by atoms with E-state index in [0.29, 0.717) is 28.7 Å². The number of halogens is 3. The standard InChI is InChI=1S/C25H23F3N4O5/c1-4-29-19-10-9-16(11-20(19)30(5-2)23(29)36)31-13-17(22(34)35)21(33)32(24(31)37)12-15-7-6-8-18(14(15)3)25(26,27)28/h6-11,13H,4-5,12H2,1-3H3,(H,34,35). The number of rotatable bonds is 6. The van der Waals surface area contributed by atoms with Crippen LogP contribution in [0, 0.1) is 6.92 Å². The molecule has 0 unspecified atom stereocenters. The van der Waals surface area contributed by atoms with Gasteiger partial charge in [0.25, 0.3) is 5.56 Å². The van der Waals surface area contributed by atoms with Gasteiger partial charge < -0.3 is 5.11 Å². The van der Waals surface area contributed by atoms with E-state index in [1.165, 1.54) is 29.7 Å². The minimum absolute atomic E-state index is 0.0402. The Labute approximate surface area is 207 Å². The van der Waals surface area contributed by atoms with Gasteiger partial charge in [-0.25, -0.2) is 14.4 Å². The third kappa shape index (κ3) is 4.28. The summed E-state index contributed by atoms with van der Waals surface area (Å²) in [5.74, 6) is -1.60. The van der Waals surface area contributed by atoms with Crippen LogP contribution in [0.3, 0.4) is 0 Å². The number of carbonyl (C=O) groups is 1. The van der Waals surface area contributed by atoms with Crippen LogP contribution in [0.1, 0.15) is 40.9 Å². The largest absolute Gasteiger partial charge is 0.477 e. The maximum absolute atomic E-state index is 13.4. The van der Waals surface area contributed by atoms with E-state index in [1.807, 2.05) is 6.92 Å². The van der Waals surface area contributed by atoms with Gasteiger partial charge in [0, 0.05) is 19.3 Å². The minimum Gasteiger partial charge on any atom is -0.477 e. The van der Waals surface area contributed by atoms with Crippen molar-refractivity contribution in [1.29, 1.82) is 0 Å². The number of benzene rings is 2. The summed E-state index contributed by atoms with van der Waals surface area (Å²) in [5.41, 5.74) is -2.83. The number of fused-ring (bicyclic) bond motifs is 1. The topological polar surface area (TPSA) is 108 Å². The molecule has 0 aliphatic heterocycles. The fourth-order valence-electron chi connectivity index (χ4n) is 4.47. The molecular weight excluding hydrogens is 493 g/mol. The highest BCUT2D eigenvalue weighted by atomic mass is 19.4. The highest BCUT2D eigenvalue weighted by molar-refractivity contribution is 5.87. The molecular formula is C25H23F3N4O5. The van der Waals surface area contributed by atoms with Crippen LogP contribution >= 0.6 is 0 Å². The van der Waals surface area contributed by atoms with E-state index in [4.69, 9.17) is 0 Å². The Balaban J connectivity index is 1.97. The van der Waals surface area contributed by atoms with Gasteiger partial charge in [-0.05, 0) is 56.2 Å². The van der Waals surface area contributed by atoms with Crippen LogP contribution in [0.4, 0.5) is 13.2 Å². The van der Waals surface area contributed by atoms with Crippen LogP contribution in [0.25, 0.3) is 16.7 Å². The number of aromatic nitrogens is 4. The summed E-state index contributed by atoms with van der Waals surface area (Å²) in [4.78, 5) is 50.9. The van der Waals surface area contributed by atoms with Crippen molar-refractivity contribution >= 4 is 17.0 Å². The van der Waals surface area contributed by atoms with Crippen molar-refractivity contribution in [2.75, 3.05) is 0 Å². The van der Waals surface area contributed by atoms with Crippen LogP contribution in [0.15, 0.2) is 57.0 Å². The van der Waals surface area contributed by atoms with Crippen LogP contribution in [-0.4, -0.2) is 29.3 Å². The summed E-state index contributed by atoms with van der Waals surface area (Å²) in [6.45, 7) is 4.99. The molecule has 0 fully saturated rings. The zero-order valence-corrected chi connectivity index (χ0v) is 20.2. The SMILES string of the molecule is CCn1c(=O)n(CC)c2cc(-n3cc(C(=O)O)c(=O)n(Cc4cccc(C(F)(F)F)c4C)c3=O)ccc21. The lowest BCUT2D eigenvalue weighted by molar-refractivity contribution is -0.138. The molecule has 2 aromatic carbocycles. The number of carboxylic acids is 1. The van der Waals surface area contributed by atoms with Gasteiger partial charge in [-0.3, -0.25) is 23.1 Å². The highest BCUT2D eigenvalue weighted by Gasteiger charge is 2.33. The van der Waals surface area contributed by atoms with Gasteiger partial charge in [0.05, 0.1) is 28.8 Å². The highest BCUT2D eigenvalue weighted by Crippen LogP contribution is 2.33. The summed E-state index contributed by atoms with van der Waals surface area (Å²) in [6.07, 6.45) is -3.76. The van der Waals surface area contributed by atoms with Crippen molar-refractivity contribution < 1.29 is 23.1 Å². The first-order valence-electron chi connectivity index (χ1n) is 11.4. The Hall–Kier alpha value is -4.35. The van der Waals surface area contributed by atoms with Gasteiger partial charge in [-0.1, -0.05) is 12.1 Å². The van der Waals surface area contributed by atoms with E-state index in [9.17, 15) is 37.5 Å². The van der Waals surface area contributed by atoms with E-state index < -0.39 is 41.1 Å². The predicted octanol–water partition coefficient (Wildman–Crippen LogP) is 3.23. The van der Waals surface area contributed by atoms with Gasteiger partial charge >= 0.3 is 23.5 Å². The second-order valence-corrected chi connectivity index (χ2v) is 8.42. The minimum atomic E-state index is -4.65. The predicted molar refractivity (Wildman–Crippen MR) is 130 cm³/mol. The Morgan fingerprint density at radius 1 is 0.919 bits per heavy atom. The molecule has 0 atom stereocenters. The maximum atomic E-state index is 13.4. The average Bonchev–Trinajstić information content (AvgIpc) is 3.11. The average molecular weight is 516 g/mol. The van der Waals surface area contributed by atoms with Gasteiger partial charge in [0.2, 0.25) is 0 Å². The molecule has 4 rings (SSSR count). The van der Waals surface area contributed by atoms with Crippen LogP contribution < -0.4 is 16.9 Å². The maximum Gasteiger partial charge on any atom is 0.416 e. The van der Waals surface area contributed by atoms with Gasteiger partial charge in [0.15, 0.2) is 0 Å². The summed E-state index contributed by atoms with van der Waals surface area (Å²) >= 11 is 0. The Morgan fingerprint density at radius 3 is 2.16 bits per heavy atom. The van der Waals surface area contributed by atoms with E-state index in [1.54, 1.807) is 17.6 Å². The lowest BCUT2D eigenvalue weighted by Gasteiger charge is -2.16. The first-order chi connectivity index (χ1) is 17.4. The molecule has 1 N–H and O–H groups in total. The molecule has 0 radical (unpaired) electrons. The second kappa shape index (κ2) is 9.26. The molecule has 0 saturated carbocycles. The number of imidazole rings is 1. The van der Waals surface area contributed by atoms with E-state index in [2.05, 4.69) is 0 Å². The fraction of sp³-hybridized carbons (Fsp3) is 0.280. The monoisotopic (exact) mass is 516 g/mol. The molecule has 194 valence electrons. The Bertz CT molecular complexity index is 1720. The number of hydrogen-bond acceptors (Lipinski definition) is 4. The number of alkyl halides is 3. The van der Waals surface area contributed by atoms with Crippen molar-refractivity contribution in [3.8, 4) is 5.69 Å². The molecule has 0 spiro atoms. The smallest absolute Gasteiger partial charge is 0.416 e. The van der Waals surface area contributed by atoms with Crippen molar-refractivity contribution in [2.45, 2.75) is 46.6 Å². The molecule has 0 aliphatic rings. The molecule has 37 heavy (non-hydrogen) atoms. The normalized spacial score (nSPS) is 11.8. The number of carboxylic acid groups (broad SMARTS) is 1. The zero-order chi connectivity index (χ0) is 27.2. The number of hydrogen-bond donors (Lipinski definition) is 1. The molecule has 2 aromatic heterocycles. The molecule has 0 aliphatic carbocycles. The number of nitrogens with zero attached hydrogens (tertiary/aromatic N) is 4. The third-order valence-corrected chi connectivity index (χ3v) is 6.39. The molecule has 4 aromatic rings. The van der Waals surface area contributed by atoms with Crippen LogP contribution in [0.2, 0.25) is 0 Å². The van der Waals surface area contributed by atoms with Gasteiger partial charge in [-0.15, -0.1) is 0 Å². The summed E-state index contributed by atoms with van der Waals surface area (Å²) < 4.78 is 44.7. The van der Waals surface area contributed by atoms with Crippen molar-refractivity contribution in [1.82, 2.24) is 18.3 Å².